The van der Waals surface area contributed by atoms with Crippen LogP contribution in [0.1, 0.15) is 33.0 Å². The maximum absolute atomic E-state index is 12.8. The van der Waals surface area contributed by atoms with Crippen LogP contribution in [0.3, 0.4) is 0 Å². The molecule has 1 unspecified atom stereocenters. The summed E-state index contributed by atoms with van der Waals surface area (Å²) < 4.78 is 1.27. The van der Waals surface area contributed by atoms with Gasteiger partial charge in [0.2, 0.25) is 0 Å². The fraction of sp³-hybridized carbons (Fsp3) is 0.471. The first-order valence-corrected chi connectivity index (χ1v) is 9.06. The molecule has 0 spiro atoms. The van der Waals surface area contributed by atoms with Crippen LogP contribution in [0.25, 0.3) is 10.6 Å². The molecular formula is C17H20N4O4S. The number of carboxylic acid groups (broad SMARTS) is 1. The summed E-state index contributed by atoms with van der Waals surface area (Å²) in [5.41, 5.74) is 2.22. The van der Waals surface area contributed by atoms with Gasteiger partial charge in [-0.15, -0.1) is 11.3 Å². The number of aromatic nitrogens is 3. The Labute approximate surface area is 154 Å². The number of rotatable bonds is 3. The quantitative estimate of drug-likeness (QED) is 0.867. The first-order valence-electron chi connectivity index (χ1n) is 8.25. The van der Waals surface area contributed by atoms with Gasteiger partial charge in [-0.3, -0.25) is 14.4 Å². The molecule has 1 amide bonds. The SMILES string of the molecule is Cc1nc(-c2c(C)c(C)nn(C)c2=O)sc1C(=O)N1CCC(C(=O)O)C1. The summed E-state index contributed by atoms with van der Waals surface area (Å²) in [6.45, 7) is 5.98. The van der Waals surface area contributed by atoms with Crippen LogP contribution in [0.15, 0.2) is 4.79 Å². The molecule has 138 valence electrons. The highest BCUT2D eigenvalue weighted by Crippen LogP contribution is 2.30. The van der Waals surface area contributed by atoms with Crippen LogP contribution in [0, 0.1) is 26.7 Å². The summed E-state index contributed by atoms with van der Waals surface area (Å²) in [4.78, 5) is 42.9. The molecule has 1 fully saturated rings. The summed E-state index contributed by atoms with van der Waals surface area (Å²) in [5, 5.41) is 13.8. The highest BCUT2D eigenvalue weighted by atomic mass is 32.1. The summed E-state index contributed by atoms with van der Waals surface area (Å²) in [7, 11) is 1.58. The van der Waals surface area contributed by atoms with Crippen molar-refractivity contribution in [2.45, 2.75) is 27.2 Å². The summed E-state index contributed by atoms with van der Waals surface area (Å²) in [5.74, 6) is -1.63. The highest BCUT2D eigenvalue weighted by molar-refractivity contribution is 7.17. The molecule has 2 aromatic rings. The van der Waals surface area contributed by atoms with Gasteiger partial charge < -0.3 is 10.0 Å². The Morgan fingerprint density at radius 1 is 1.23 bits per heavy atom. The molecule has 3 heterocycles. The number of carboxylic acids is 1. The lowest BCUT2D eigenvalue weighted by molar-refractivity contribution is -0.141. The van der Waals surface area contributed by atoms with Crippen LogP contribution in [0.5, 0.6) is 0 Å². The fourth-order valence-corrected chi connectivity index (χ4v) is 4.22. The minimum absolute atomic E-state index is 0.204. The summed E-state index contributed by atoms with van der Waals surface area (Å²) >= 11 is 1.17. The Morgan fingerprint density at radius 3 is 2.54 bits per heavy atom. The van der Waals surface area contributed by atoms with Crippen molar-refractivity contribution in [1.82, 2.24) is 19.7 Å². The van der Waals surface area contributed by atoms with Gasteiger partial charge in [-0.25, -0.2) is 9.67 Å². The molecule has 8 nitrogen and oxygen atoms in total. The third kappa shape index (κ3) is 3.03. The van der Waals surface area contributed by atoms with Crippen molar-refractivity contribution >= 4 is 23.2 Å². The van der Waals surface area contributed by atoms with Crippen LogP contribution < -0.4 is 5.56 Å². The average molecular weight is 376 g/mol. The Kier molecular flexibility index (Phi) is 4.66. The average Bonchev–Trinajstić information content (AvgIpc) is 3.20. The van der Waals surface area contributed by atoms with Crippen molar-refractivity contribution in [2.24, 2.45) is 13.0 Å². The molecule has 1 aliphatic rings. The van der Waals surface area contributed by atoms with Crippen LogP contribution in [0.4, 0.5) is 0 Å². The number of likely N-dealkylation sites (tertiary alicyclic amines) is 1. The second kappa shape index (κ2) is 6.64. The van der Waals surface area contributed by atoms with E-state index in [2.05, 4.69) is 10.1 Å². The van der Waals surface area contributed by atoms with E-state index in [0.717, 1.165) is 11.3 Å². The van der Waals surface area contributed by atoms with Gasteiger partial charge in [0.05, 0.1) is 22.9 Å². The molecule has 0 aromatic carbocycles. The number of hydrogen-bond donors (Lipinski definition) is 1. The van der Waals surface area contributed by atoms with Crippen LogP contribution in [-0.4, -0.2) is 49.7 Å². The lowest BCUT2D eigenvalue weighted by Crippen LogP contribution is -2.29. The second-order valence-corrected chi connectivity index (χ2v) is 7.52. The van der Waals surface area contributed by atoms with Gasteiger partial charge in [0, 0.05) is 20.1 Å². The van der Waals surface area contributed by atoms with Gasteiger partial charge in [0.15, 0.2) is 0 Å². The zero-order valence-corrected chi connectivity index (χ0v) is 15.9. The molecular weight excluding hydrogens is 356 g/mol. The maximum atomic E-state index is 12.8. The van der Waals surface area contributed by atoms with Gasteiger partial charge in [-0.05, 0) is 32.8 Å². The van der Waals surface area contributed by atoms with E-state index in [1.807, 2.05) is 13.8 Å². The zero-order chi connectivity index (χ0) is 19.2. The lowest BCUT2D eigenvalue weighted by atomic mass is 10.1. The van der Waals surface area contributed by atoms with Gasteiger partial charge >= 0.3 is 5.97 Å². The Morgan fingerprint density at radius 2 is 1.92 bits per heavy atom. The van der Waals surface area contributed by atoms with E-state index in [1.54, 1.807) is 18.9 Å². The number of aliphatic carboxylic acids is 1. The minimum Gasteiger partial charge on any atom is -0.481 e. The van der Waals surface area contributed by atoms with Crippen molar-refractivity contribution in [2.75, 3.05) is 13.1 Å². The number of carbonyl (C=O) groups is 2. The molecule has 3 rings (SSSR count). The standard InChI is InChI=1S/C17H20N4O4S/c1-8-9(2)19-20(4)15(22)12(8)14-18-10(3)13(26-14)16(23)21-6-5-11(7-21)17(24)25/h11H,5-7H2,1-4H3,(H,24,25). The molecule has 1 aliphatic heterocycles. The van der Waals surface area contributed by atoms with E-state index in [4.69, 9.17) is 5.11 Å². The minimum atomic E-state index is -0.881. The molecule has 1 saturated heterocycles. The maximum Gasteiger partial charge on any atom is 0.308 e. The molecule has 26 heavy (non-hydrogen) atoms. The number of aryl methyl sites for hydroxylation is 3. The van der Waals surface area contributed by atoms with Crippen molar-refractivity contribution in [3.8, 4) is 10.6 Å². The van der Waals surface area contributed by atoms with E-state index in [1.165, 1.54) is 16.0 Å². The van der Waals surface area contributed by atoms with Gasteiger partial charge in [-0.1, -0.05) is 0 Å². The van der Waals surface area contributed by atoms with Crippen LogP contribution in [-0.2, 0) is 11.8 Å². The molecule has 1 atom stereocenters. The number of thiazole rings is 1. The Bertz CT molecular complexity index is 962. The van der Waals surface area contributed by atoms with E-state index in [-0.39, 0.29) is 18.0 Å². The van der Waals surface area contributed by atoms with Crippen molar-refractivity contribution in [3.05, 3.63) is 32.2 Å². The molecule has 9 heteroatoms. The predicted octanol–water partition coefficient (Wildman–Crippen LogP) is 1.38. The van der Waals surface area contributed by atoms with E-state index >= 15 is 0 Å². The topological polar surface area (TPSA) is 105 Å². The third-order valence-electron chi connectivity index (χ3n) is 4.75. The van der Waals surface area contributed by atoms with Gasteiger partial charge in [-0.2, -0.15) is 5.10 Å². The van der Waals surface area contributed by atoms with Crippen molar-refractivity contribution in [1.29, 1.82) is 0 Å². The molecule has 1 N–H and O–H groups in total. The first-order chi connectivity index (χ1) is 12.2. The van der Waals surface area contributed by atoms with Gasteiger partial charge in [0.1, 0.15) is 9.88 Å². The number of hydrogen-bond acceptors (Lipinski definition) is 6. The van der Waals surface area contributed by atoms with Crippen LogP contribution >= 0.6 is 11.3 Å². The molecule has 0 bridgehead atoms. The van der Waals surface area contributed by atoms with E-state index < -0.39 is 11.9 Å². The monoisotopic (exact) mass is 376 g/mol. The predicted molar refractivity (Wildman–Crippen MR) is 96.4 cm³/mol. The van der Waals surface area contributed by atoms with E-state index in [9.17, 15) is 14.4 Å². The number of carbonyl (C=O) groups excluding carboxylic acids is 1. The Hall–Kier alpha value is -2.55. The fourth-order valence-electron chi connectivity index (χ4n) is 3.09. The first kappa shape index (κ1) is 18.2. The van der Waals surface area contributed by atoms with E-state index in [0.29, 0.717) is 34.1 Å². The number of nitrogens with zero attached hydrogens (tertiary/aromatic N) is 4. The second-order valence-electron chi connectivity index (χ2n) is 6.52. The lowest BCUT2D eigenvalue weighted by Gasteiger charge is -2.14. The number of amides is 1. The molecule has 0 aliphatic carbocycles. The van der Waals surface area contributed by atoms with Gasteiger partial charge in [0.25, 0.3) is 11.5 Å². The normalized spacial score (nSPS) is 16.9. The molecule has 0 saturated carbocycles. The largest absolute Gasteiger partial charge is 0.481 e. The smallest absolute Gasteiger partial charge is 0.308 e. The highest BCUT2D eigenvalue weighted by Gasteiger charge is 2.33. The summed E-state index contributed by atoms with van der Waals surface area (Å²) in [6, 6.07) is 0. The van der Waals surface area contributed by atoms with Crippen LogP contribution in [0.2, 0.25) is 0 Å². The molecule has 2 aromatic heterocycles. The Balaban J connectivity index is 1.98. The third-order valence-corrected chi connectivity index (χ3v) is 5.92. The summed E-state index contributed by atoms with van der Waals surface area (Å²) in [6.07, 6.45) is 0.453. The zero-order valence-electron chi connectivity index (χ0n) is 15.1. The van der Waals surface area contributed by atoms with Crippen molar-refractivity contribution < 1.29 is 14.7 Å². The molecule has 0 radical (unpaired) electrons. The van der Waals surface area contributed by atoms with Crippen molar-refractivity contribution in [3.63, 3.8) is 0 Å².